The number of rotatable bonds is 0. The van der Waals surface area contributed by atoms with Gasteiger partial charge in [0.2, 0.25) is 0 Å². The molecule has 0 atom stereocenters. The van der Waals surface area contributed by atoms with E-state index in [1.165, 1.54) is 0 Å². The van der Waals surface area contributed by atoms with Crippen molar-refractivity contribution in [2.75, 3.05) is 13.1 Å². The van der Waals surface area contributed by atoms with Gasteiger partial charge in [0, 0.05) is 12.8 Å². The number of carbonyl (C=O) groups excluding carboxylic acids is 2. The minimum Gasteiger partial charge on any atom is -0.317 e. The molecule has 72 valence electrons. The van der Waals surface area contributed by atoms with Crippen molar-refractivity contribution in [3.05, 3.63) is 0 Å². The van der Waals surface area contributed by atoms with Crippen molar-refractivity contribution in [2.45, 2.75) is 32.1 Å². The smallest absolute Gasteiger partial charge is 0.146 e. The molecule has 0 bridgehead atoms. The topological polar surface area (TPSA) is 46.2 Å². The van der Waals surface area contributed by atoms with Crippen LogP contribution < -0.4 is 5.32 Å². The van der Waals surface area contributed by atoms with Gasteiger partial charge in [-0.2, -0.15) is 0 Å². The van der Waals surface area contributed by atoms with Crippen molar-refractivity contribution in [3.8, 4) is 0 Å². The van der Waals surface area contributed by atoms with Gasteiger partial charge >= 0.3 is 0 Å². The van der Waals surface area contributed by atoms with Crippen molar-refractivity contribution < 1.29 is 9.59 Å². The Morgan fingerprint density at radius 2 is 1.69 bits per heavy atom. The fraction of sp³-hybridized carbons (Fsp3) is 0.800. The first kappa shape index (κ1) is 8.88. The number of carbonyl (C=O) groups is 2. The van der Waals surface area contributed by atoms with Gasteiger partial charge in [-0.15, -0.1) is 0 Å². The van der Waals surface area contributed by atoms with E-state index in [4.69, 9.17) is 0 Å². The number of Topliss-reactive ketones (excluding diaryl/α,β-unsaturated/α-hetero) is 2. The van der Waals surface area contributed by atoms with Gasteiger partial charge in [0.15, 0.2) is 0 Å². The maximum atomic E-state index is 11.7. The Bertz CT molecular complexity index is 221. The van der Waals surface area contributed by atoms with Crippen LogP contribution in [0.5, 0.6) is 0 Å². The summed E-state index contributed by atoms with van der Waals surface area (Å²) in [6.45, 7) is 1.76. The van der Waals surface area contributed by atoms with E-state index >= 15 is 0 Å². The Morgan fingerprint density at radius 1 is 1.00 bits per heavy atom. The zero-order chi connectivity index (χ0) is 9.31. The average Bonchev–Trinajstić information content (AvgIpc) is 2.38. The quantitative estimate of drug-likeness (QED) is 0.559. The van der Waals surface area contributed by atoms with Crippen LogP contribution in [0.25, 0.3) is 0 Å². The average molecular weight is 181 g/mol. The van der Waals surface area contributed by atoms with Crippen LogP contribution in [0, 0.1) is 5.41 Å². The highest BCUT2D eigenvalue weighted by Gasteiger charge is 2.48. The first-order valence-electron chi connectivity index (χ1n) is 5.03. The zero-order valence-electron chi connectivity index (χ0n) is 7.77. The Balaban J connectivity index is 2.24. The molecule has 1 spiro atoms. The van der Waals surface area contributed by atoms with E-state index in [0.717, 1.165) is 32.4 Å². The van der Waals surface area contributed by atoms with Crippen LogP contribution in [0.2, 0.25) is 0 Å². The number of hydrogen-bond donors (Lipinski definition) is 1. The third kappa shape index (κ3) is 1.31. The fourth-order valence-electron chi connectivity index (χ4n) is 2.49. The maximum absolute atomic E-state index is 11.7. The van der Waals surface area contributed by atoms with E-state index in [-0.39, 0.29) is 11.6 Å². The van der Waals surface area contributed by atoms with Crippen LogP contribution in [0.4, 0.5) is 0 Å². The lowest BCUT2D eigenvalue weighted by atomic mass is 9.77. The Kier molecular flexibility index (Phi) is 2.20. The summed E-state index contributed by atoms with van der Waals surface area (Å²) in [4.78, 5) is 23.3. The SMILES string of the molecule is O=C1CCC(=O)C12CCCNCC2. The Labute approximate surface area is 77.9 Å². The van der Waals surface area contributed by atoms with E-state index in [1.54, 1.807) is 0 Å². The van der Waals surface area contributed by atoms with Crippen molar-refractivity contribution >= 4 is 11.6 Å². The van der Waals surface area contributed by atoms with E-state index in [9.17, 15) is 9.59 Å². The van der Waals surface area contributed by atoms with Crippen molar-refractivity contribution in [1.29, 1.82) is 0 Å². The number of nitrogens with one attached hydrogen (secondary N) is 1. The van der Waals surface area contributed by atoms with Crippen LogP contribution in [0.1, 0.15) is 32.1 Å². The molecule has 3 nitrogen and oxygen atoms in total. The van der Waals surface area contributed by atoms with Crippen LogP contribution in [-0.4, -0.2) is 24.7 Å². The third-order valence-electron chi connectivity index (χ3n) is 3.33. The highest BCUT2D eigenvalue weighted by molar-refractivity contribution is 6.12. The second-order valence-electron chi connectivity index (χ2n) is 4.03. The maximum Gasteiger partial charge on any atom is 0.146 e. The van der Waals surface area contributed by atoms with Gasteiger partial charge in [0.1, 0.15) is 11.6 Å². The van der Waals surface area contributed by atoms with Gasteiger partial charge in [-0.1, -0.05) is 0 Å². The van der Waals surface area contributed by atoms with Crippen molar-refractivity contribution in [3.63, 3.8) is 0 Å². The second-order valence-corrected chi connectivity index (χ2v) is 4.03. The van der Waals surface area contributed by atoms with E-state index in [2.05, 4.69) is 5.32 Å². The Hall–Kier alpha value is -0.700. The van der Waals surface area contributed by atoms with E-state index in [1.807, 2.05) is 0 Å². The summed E-state index contributed by atoms with van der Waals surface area (Å²) in [6, 6.07) is 0. The predicted octanol–water partition coefficient (Wildman–Crippen LogP) is 0.678. The predicted molar refractivity (Wildman–Crippen MR) is 48.4 cm³/mol. The largest absolute Gasteiger partial charge is 0.317 e. The highest BCUT2D eigenvalue weighted by atomic mass is 16.2. The molecule has 0 radical (unpaired) electrons. The molecule has 1 aliphatic carbocycles. The number of ketones is 2. The molecule has 0 aromatic carbocycles. The molecule has 0 aromatic rings. The summed E-state index contributed by atoms with van der Waals surface area (Å²) < 4.78 is 0. The first-order valence-corrected chi connectivity index (χ1v) is 5.03. The Morgan fingerprint density at radius 3 is 2.38 bits per heavy atom. The van der Waals surface area contributed by atoms with Crippen LogP contribution in [0.15, 0.2) is 0 Å². The van der Waals surface area contributed by atoms with Gasteiger partial charge in [-0.25, -0.2) is 0 Å². The standard InChI is InChI=1S/C10H15NO2/c12-8-2-3-9(13)10(8)4-1-6-11-7-5-10/h11H,1-7H2. The normalized spacial score (nSPS) is 28.0. The molecule has 2 rings (SSSR count). The van der Waals surface area contributed by atoms with Gasteiger partial charge in [0.25, 0.3) is 0 Å². The monoisotopic (exact) mass is 181 g/mol. The van der Waals surface area contributed by atoms with Crippen molar-refractivity contribution in [1.82, 2.24) is 5.32 Å². The summed E-state index contributed by atoms with van der Waals surface area (Å²) >= 11 is 0. The fourth-order valence-corrected chi connectivity index (χ4v) is 2.49. The molecule has 1 aliphatic heterocycles. The minimum absolute atomic E-state index is 0.196. The molecular weight excluding hydrogens is 166 g/mol. The van der Waals surface area contributed by atoms with Gasteiger partial charge < -0.3 is 5.32 Å². The van der Waals surface area contributed by atoms with Gasteiger partial charge in [-0.05, 0) is 32.4 Å². The molecule has 1 heterocycles. The summed E-state index contributed by atoms with van der Waals surface area (Å²) in [5.41, 5.74) is -0.566. The van der Waals surface area contributed by atoms with Crippen LogP contribution >= 0.6 is 0 Å². The van der Waals surface area contributed by atoms with E-state index in [0.29, 0.717) is 12.8 Å². The molecular formula is C10H15NO2. The molecule has 1 N–H and O–H groups in total. The molecule has 13 heavy (non-hydrogen) atoms. The summed E-state index contributed by atoms with van der Waals surface area (Å²) in [6.07, 6.45) is 3.43. The minimum atomic E-state index is -0.566. The molecule has 0 aromatic heterocycles. The lowest BCUT2D eigenvalue weighted by Crippen LogP contribution is -2.33. The van der Waals surface area contributed by atoms with Crippen LogP contribution in [-0.2, 0) is 9.59 Å². The first-order chi connectivity index (χ1) is 6.26. The lowest BCUT2D eigenvalue weighted by Gasteiger charge is -2.22. The molecule has 1 saturated carbocycles. The molecule has 3 heteroatoms. The third-order valence-corrected chi connectivity index (χ3v) is 3.33. The van der Waals surface area contributed by atoms with Gasteiger partial charge in [0.05, 0.1) is 5.41 Å². The summed E-state index contributed by atoms with van der Waals surface area (Å²) in [5, 5.41) is 3.24. The zero-order valence-corrected chi connectivity index (χ0v) is 7.77. The molecule has 0 unspecified atom stereocenters. The molecule has 2 aliphatic rings. The van der Waals surface area contributed by atoms with E-state index < -0.39 is 5.41 Å². The summed E-state index contributed by atoms with van der Waals surface area (Å²) in [7, 11) is 0. The van der Waals surface area contributed by atoms with Crippen molar-refractivity contribution in [2.24, 2.45) is 5.41 Å². The van der Waals surface area contributed by atoms with Crippen LogP contribution in [0.3, 0.4) is 0 Å². The molecule has 1 saturated heterocycles. The molecule has 2 fully saturated rings. The second kappa shape index (κ2) is 3.22. The highest BCUT2D eigenvalue weighted by Crippen LogP contribution is 2.39. The summed E-state index contributed by atoms with van der Waals surface area (Å²) in [5.74, 6) is 0.391. The molecule has 0 amide bonds. The van der Waals surface area contributed by atoms with Gasteiger partial charge in [-0.3, -0.25) is 9.59 Å². The number of hydrogen-bond acceptors (Lipinski definition) is 3. The lowest BCUT2D eigenvalue weighted by molar-refractivity contribution is -0.135.